The monoisotopic (exact) mass is 597 g/mol. The van der Waals surface area contributed by atoms with Crippen LogP contribution in [0.3, 0.4) is 0 Å². The Labute approximate surface area is 252 Å². The van der Waals surface area contributed by atoms with E-state index in [-0.39, 0.29) is 31.3 Å². The number of benzene rings is 1. The number of hydrogen-bond donors (Lipinski definition) is 1. The normalized spacial score (nSPS) is 22.6. The highest BCUT2D eigenvalue weighted by Crippen LogP contribution is 2.32. The maximum Gasteiger partial charge on any atom is 0.332 e. The van der Waals surface area contributed by atoms with Crippen LogP contribution in [0, 0.1) is 5.92 Å². The molecule has 3 saturated heterocycles. The molecule has 1 unspecified atom stereocenters. The summed E-state index contributed by atoms with van der Waals surface area (Å²) in [6.07, 6.45) is 2.35. The number of piperidine rings is 2. The third-order valence-corrected chi connectivity index (χ3v) is 8.58. The Morgan fingerprint density at radius 1 is 0.907 bits per heavy atom. The van der Waals surface area contributed by atoms with Gasteiger partial charge in [0.15, 0.2) is 0 Å². The highest BCUT2D eigenvalue weighted by molar-refractivity contribution is 6.23. The standard InChI is InChI=1S/C31H43N5O7/c1-31(2,3)43-27(38)20-42-17-16-33-12-14-34(15-13-33)19-21-8-10-35(11-9-21)22-4-5-23-24(18-22)30(41)36(29(23)40)25-6-7-26(37)32-28(25)39/h4-5,18,21,25H,6-17,19-20H2,1-3H3,(H,32,37,39). The van der Waals surface area contributed by atoms with Crippen LogP contribution >= 0.6 is 0 Å². The summed E-state index contributed by atoms with van der Waals surface area (Å²) in [5.74, 6) is -1.67. The van der Waals surface area contributed by atoms with E-state index in [9.17, 15) is 24.0 Å². The quantitative estimate of drug-likeness (QED) is 0.253. The number of amides is 4. The predicted octanol–water partition coefficient (Wildman–Crippen LogP) is 1.28. The number of esters is 1. The van der Waals surface area contributed by atoms with E-state index in [4.69, 9.17) is 9.47 Å². The second kappa shape index (κ2) is 13.1. The molecule has 0 radical (unpaired) electrons. The van der Waals surface area contributed by atoms with E-state index in [1.807, 2.05) is 26.8 Å². The molecule has 1 aromatic carbocycles. The van der Waals surface area contributed by atoms with Gasteiger partial charge in [-0.25, -0.2) is 4.79 Å². The van der Waals surface area contributed by atoms with Gasteiger partial charge in [-0.05, 0) is 64.2 Å². The van der Waals surface area contributed by atoms with Crippen LogP contribution in [-0.2, 0) is 23.9 Å². The van der Waals surface area contributed by atoms with Crippen molar-refractivity contribution in [2.24, 2.45) is 5.92 Å². The van der Waals surface area contributed by atoms with Crippen LogP contribution in [-0.4, -0.2) is 122 Å². The third kappa shape index (κ3) is 7.60. The van der Waals surface area contributed by atoms with Gasteiger partial charge in [0.25, 0.3) is 11.8 Å². The van der Waals surface area contributed by atoms with Crippen LogP contribution in [0.2, 0.25) is 0 Å². The summed E-state index contributed by atoms with van der Waals surface area (Å²) in [5.41, 5.74) is 1.04. The van der Waals surface area contributed by atoms with Gasteiger partial charge in [-0.2, -0.15) is 0 Å². The highest BCUT2D eigenvalue weighted by atomic mass is 16.6. The van der Waals surface area contributed by atoms with Crippen LogP contribution < -0.4 is 10.2 Å². The number of carbonyl (C=O) groups is 5. The van der Waals surface area contributed by atoms with Gasteiger partial charge in [-0.1, -0.05) is 0 Å². The number of anilines is 1. The molecule has 12 heteroatoms. The molecular formula is C31H43N5O7. The number of hydrogen-bond acceptors (Lipinski definition) is 10. The van der Waals surface area contributed by atoms with Crippen molar-refractivity contribution in [1.29, 1.82) is 0 Å². The topological polar surface area (TPSA) is 129 Å². The molecule has 3 fully saturated rings. The maximum absolute atomic E-state index is 13.2. The number of carbonyl (C=O) groups excluding carboxylic acids is 5. The lowest BCUT2D eigenvalue weighted by Crippen LogP contribution is -2.54. The van der Waals surface area contributed by atoms with Crippen LogP contribution in [0.25, 0.3) is 0 Å². The molecule has 1 N–H and O–H groups in total. The minimum absolute atomic E-state index is 0.0172. The molecule has 5 rings (SSSR count). The zero-order valence-corrected chi connectivity index (χ0v) is 25.4. The zero-order valence-electron chi connectivity index (χ0n) is 25.4. The molecule has 4 aliphatic rings. The molecule has 0 saturated carbocycles. The Morgan fingerprint density at radius 2 is 1.58 bits per heavy atom. The number of nitrogens with zero attached hydrogens (tertiary/aromatic N) is 4. The predicted molar refractivity (Wildman–Crippen MR) is 158 cm³/mol. The van der Waals surface area contributed by atoms with Gasteiger partial charge >= 0.3 is 5.97 Å². The van der Waals surface area contributed by atoms with Crippen molar-refractivity contribution in [2.75, 3.05) is 70.5 Å². The SMILES string of the molecule is CC(C)(C)OC(=O)COCCN1CCN(CC2CCN(c3ccc4c(c3)C(=O)N(C3CCC(=O)NC3=O)C4=O)CC2)CC1. The molecule has 0 aromatic heterocycles. The Morgan fingerprint density at radius 3 is 2.26 bits per heavy atom. The first-order valence-corrected chi connectivity index (χ1v) is 15.3. The van der Waals surface area contributed by atoms with E-state index in [1.54, 1.807) is 12.1 Å². The summed E-state index contributed by atoms with van der Waals surface area (Å²) >= 11 is 0. The van der Waals surface area contributed by atoms with Crippen molar-refractivity contribution < 1.29 is 33.4 Å². The summed E-state index contributed by atoms with van der Waals surface area (Å²) in [4.78, 5) is 70.0. The lowest BCUT2D eigenvalue weighted by atomic mass is 9.95. The molecule has 0 spiro atoms. The van der Waals surface area contributed by atoms with E-state index < -0.39 is 29.4 Å². The van der Waals surface area contributed by atoms with Crippen molar-refractivity contribution in [3.8, 4) is 0 Å². The van der Waals surface area contributed by atoms with Crippen LogP contribution in [0.1, 0.15) is 67.2 Å². The minimum atomic E-state index is -0.955. The fourth-order valence-electron chi connectivity index (χ4n) is 6.31. The van der Waals surface area contributed by atoms with Crippen molar-refractivity contribution in [2.45, 2.75) is 58.1 Å². The number of rotatable bonds is 9. The number of nitrogens with one attached hydrogen (secondary N) is 1. The fraction of sp³-hybridized carbons (Fsp3) is 0.645. The van der Waals surface area contributed by atoms with E-state index in [0.717, 1.165) is 75.8 Å². The first kappa shape index (κ1) is 31.1. The molecule has 0 aliphatic carbocycles. The highest BCUT2D eigenvalue weighted by Gasteiger charge is 2.44. The molecule has 4 amide bonds. The first-order chi connectivity index (χ1) is 20.5. The van der Waals surface area contributed by atoms with E-state index >= 15 is 0 Å². The molecule has 43 heavy (non-hydrogen) atoms. The van der Waals surface area contributed by atoms with E-state index in [0.29, 0.717) is 23.7 Å². The van der Waals surface area contributed by atoms with Gasteiger partial charge in [0.2, 0.25) is 11.8 Å². The Kier molecular flexibility index (Phi) is 9.48. The summed E-state index contributed by atoms with van der Waals surface area (Å²) in [6, 6.07) is 4.39. The van der Waals surface area contributed by atoms with Gasteiger partial charge in [-0.15, -0.1) is 0 Å². The second-order valence-electron chi connectivity index (χ2n) is 12.9. The fourth-order valence-corrected chi connectivity index (χ4v) is 6.31. The maximum atomic E-state index is 13.2. The van der Waals surface area contributed by atoms with Crippen LogP contribution in [0.5, 0.6) is 0 Å². The Balaban J connectivity index is 1.03. The van der Waals surface area contributed by atoms with Crippen molar-refractivity contribution in [1.82, 2.24) is 20.0 Å². The molecule has 0 bridgehead atoms. The average Bonchev–Trinajstić information content (AvgIpc) is 3.20. The summed E-state index contributed by atoms with van der Waals surface area (Å²) in [7, 11) is 0. The average molecular weight is 598 g/mol. The zero-order chi connectivity index (χ0) is 30.7. The van der Waals surface area contributed by atoms with Gasteiger partial charge < -0.3 is 19.3 Å². The summed E-state index contributed by atoms with van der Waals surface area (Å²) < 4.78 is 10.8. The lowest BCUT2D eigenvalue weighted by Gasteiger charge is -2.39. The molecule has 4 heterocycles. The molecule has 1 aromatic rings. The molecular weight excluding hydrogens is 554 g/mol. The third-order valence-electron chi connectivity index (χ3n) is 8.58. The number of ether oxygens (including phenoxy) is 2. The number of fused-ring (bicyclic) bond motifs is 1. The van der Waals surface area contributed by atoms with Gasteiger partial charge in [-0.3, -0.25) is 34.3 Å². The Hall–Kier alpha value is -3.35. The molecule has 4 aliphatic heterocycles. The molecule has 1 atom stereocenters. The minimum Gasteiger partial charge on any atom is -0.458 e. The van der Waals surface area contributed by atoms with Crippen molar-refractivity contribution in [3.63, 3.8) is 0 Å². The molecule has 234 valence electrons. The van der Waals surface area contributed by atoms with Crippen molar-refractivity contribution in [3.05, 3.63) is 29.3 Å². The number of imide groups is 2. The molecule has 12 nitrogen and oxygen atoms in total. The first-order valence-electron chi connectivity index (χ1n) is 15.3. The van der Waals surface area contributed by atoms with Gasteiger partial charge in [0.1, 0.15) is 18.2 Å². The van der Waals surface area contributed by atoms with E-state index in [1.165, 1.54) is 0 Å². The second-order valence-corrected chi connectivity index (χ2v) is 12.9. The van der Waals surface area contributed by atoms with Gasteiger partial charge in [0, 0.05) is 64.5 Å². The number of piperazine rings is 1. The van der Waals surface area contributed by atoms with Crippen LogP contribution in [0.4, 0.5) is 5.69 Å². The summed E-state index contributed by atoms with van der Waals surface area (Å²) in [6.45, 7) is 13.6. The lowest BCUT2D eigenvalue weighted by molar-refractivity contribution is -0.160. The smallest absolute Gasteiger partial charge is 0.332 e. The van der Waals surface area contributed by atoms with Gasteiger partial charge in [0.05, 0.1) is 17.7 Å². The largest absolute Gasteiger partial charge is 0.458 e. The van der Waals surface area contributed by atoms with E-state index in [2.05, 4.69) is 20.0 Å². The van der Waals surface area contributed by atoms with Crippen molar-refractivity contribution >= 4 is 35.3 Å². The Bertz CT molecular complexity index is 1250. The summed E-state index contributed by atoms with van der Waals surface area (Å²) in [5, 5.41) is 2.23. The van der Waals surface area contributed by atoms with Crippen LogP contribution in [0.15, 0.2) is 18.2 Å².